The summed E-state index contributed by atoms with van der Waals surface area (Å²) in [5.41, 5.74) is 0.0130. The number of aliphatic hydroxyl groups excluding tert-OH is 2. The third kappa shape index (κ3) is 5.44. The maximum absolute atomic E-state index is 12.3. The van der Waals surface area contributed by atoms with Crippen molar-refractivity contribution in [2.45, 2.75) is 43.4 Å². The molecule has 2 saturated heterocycles. The highest BCUT2D eigenvalue weighted by Crippen LogP contribution is 2.37. The van der Waals surface area contributed by atoms with Gasteiger partial charge in [0.15, 0.2) is 18.5 Å². The van der Waals surface area contributed by atoms with E-state index in [1.54, 1.807) is 0 Å². The van der Waals surface area contributed by atoms with Crippen LogP contribution in [0.5, 0.6) is 0 Å². The number of nitrogens with one attached hydrogen (secondary N) is 1. The van der Waals surface area contributed by atoms with Crippen LogP contribution in [0.25, 0.3) is 0 Å². The van der Waals surface area contributed by atoms with Crippen molar-refractivity contribution in [3.8, 4) is 0 Å². The molecule has 13 heteroatoms. The summed E-state index contributed by atoms with van der Waals surface area (Å²) in [5.74, 6) is -1.56. The molecule has 0 unspecified atom stereocenters. The summed E-state index contributed by atoms with van der Waals surface area (Å²) in [5, 5.41) is 23.2. The van der Waals surface area contributed by atoms with Gasteiger partial charge in [-0.3, -0.25) is 4.52 Å². The summed E-state index contributed by atoms with van der Waals surface area (Å²) in [6.45, 7) is 0.0234. The first kappa shape index (κ1) is 21.9. The molecule has 0 radical (unpaired) electrons. The Morgan fingerprint density at radius 3 is 2.72 bits per heavy atom. The summed E-state index contributed by atoms with van der Waals surface area (Å²) in [6.07, 6.45) is -1.19. The number of ether oxygens (including phenoxy) is 2. The average molecular weight is 433 g/mol. The van der Waals surface area contributed by atoms with Crippen LogP contribution in [-0.4, -0.2) is 69.4 Å². The van der Waals surface area contributed by atoms with Gasteiger partial charge in [-0.25, -0.2) is 14.2 Å². The molecule has 29 heavy (non-hydrogen) atoms. The number of phosphoric ester groups is 1. The van der Waals surface area contributed by atoms with Crippen molar-refractivity contribution >= 4 is 19.8 Å². The number of nitrogens with zero attached hydrogens (tertiary/aromatic N) is 1. The van der Waals surface area contributed by atoms with Crippen LogP contribution in [0.1, 0.15) is 29.4 Å². The molecule has 5 N–H and O–H groups in total. The Morgan fingerprint density at radius 2 is 2.07 bits per heavy atom. The summed E-state index contributed by atoms with van der Waals surface area (Å²) >= 11 is 0. The average Bonchev–Trinajstić information content (AvgIpc) is 3.30. The lowest BCUT2D eigenvalue weighted by Gasteiger charge is -2.13. The van der Waals surface area contributed by atoms with Crippen LogP contribution < -0.4 is 9.88 Å². The van der Waals surface area contributed by atoms with Gasteiger partial charge in [0.1, 0.15) is 23.8 Å². The van der Waals surface area contributed by atoms with Crippen LogP contribution in [-0.2, 0) is 23.4 Å². The number of phosphoric acid groups is 1. The number of pyridine rings is 1. The van der Waals surface area contributed by atoms with Crippen molar-refractivity contribution in [1.29, 1.82) is 0 Å². The fourth-order valence-electron chi connectivity index (χ4n) is 3.16. The van der Waals surface area contributed by atoms with Crippen molar-refractivity contribution in [2.24, 2.45) is 0 Å². The quantitative estimate of drug-likeness (QED) is 0.147. The molecule has 0 saturated carbocycles. The molecule has 3 heterocycles. The summed E-state index contributed by atoms with van der Waals surface area (Å²) in [4.78, 5) is 41.8. The Kier molecular flexibility index (Phi) is 6.76. The van der Waals surface area contributed by atoms with E-state index in [4.69, 9.17) is 19.3 Å². The third-order valence-corrected chi connectivity index (χ3v) is 5.12. The Labute approximate surface area is 165 Å². The molecule has 0 aliphatic carbocycles. The molecular weight excluding hydrogens is 411 g/mol. The third-order valence-electron chi connectivity index (χ3n) is 4.63. The first-order valence-electron chi connectivity index (χ1n) is 8.87. The molecule has 0 spiro atoms. The summed E-state index contributed by atoms with van der Waals surface area (Å²) in [7, 11) is -4.78. The molecular formula is C16H22N2O10P+. The van der Waals surface area contributed by atoms with Crippen molar-refractivity contribution in [2.75, 3.05) is 13.2 Å². The first-order chi connectivity index (χ1) is 13.7. The Balaban J connectivity index is 1.67. The van der Waals surface area contributed by atoms with Gasteiger partial charge in [-0.1, -0.05) is 0 Å². The minimum Gasteiger partial charge on any atom is -0.388 e. The van der Waals surface area contributed by atoms with E-state index in [0.717, 1.165) is 6.42 Å². The number of rotatable bonds is 6. The highest BCUT2D eigenvalue weighted by Gasteiger charge is 2.49. The maximum atomic E-state index is 12.3. The van der Waals surface area contributed by atoms with Gasteiger partial charge >= 0.3 is 19.8 Å². The van der Waals surface area contributed by atoms with Gasteiger partial charge in [-0.15, -0.1) is 0 Å². The second kappa shape index (κ2) is 8.94. The SMILES string of the molecule is O=C(OC(=O)[C@@H]1CCCN1)c1ccc[n+]([C@@H]2O[C@H](COP(=O)(O)O)[C@@H](O)[C@H]2O)c1. The van der Waals surface area contributed by atoms with Crippen molar-refractivity contribution in [3.05, 3.63) is 30.1 Å². The van der Waals surface area contributed by atoms with Gasteiger partial charge in [-0.05, 0) is 25.5 Å². The molecule has 2 fully saturated rings. The van der Waals surface area contributed by atoms with E-state index in [1.807, 2.05) is 0 Å². The van der Waals surface area contributed by atoms with Gasteiger partial charge in [0.2, 0.25) is 0 Å². The van der Waals surface area contributed by atoms with Gasteiger partial charge in [0.25, 0.3) is 6.23 Å². The number of aromatic nitrogens is 1. The minimum atomic E-state index is -4.78. The van der Waals surface area contributed by atoms with Crippen LogP contribution in [0, 0.1) is 0 Å². The smallest absolute Gasteiger partial charge is 0.388 e. The first-order valence-corrected chi connectivity index (χ1v) is 10.4. The van der Waals surface area contributed by atoms with E-state index in [9.17, 15) is 24.4 Å². The summed E-state index contributed by atoms with van der Waals surface area (Å²) < 4.78 is 26.7. The molecule has 160 valence electrons. The zero-order chi connectivity index (χ0) is 21.2. The van der Waals surface area contributed by atoms with E-state index in [0.29, 0.717) is 13.0 Å². The van der Waals surface area contributed by atoms with E-state index in [-0.39, 0.29) is 5.56 Å². The Hall–Kier alpha value is -1.76. The maximum Gasteiger partial charge on any atom is 0.469 e. The summed E-state index contributed by atoms with van der Waals surface area (Å²) in [6, 6.07) is 2.33. The topological polar surface area (TPSA) is 176 Å². The molecule has 2 aliphatic heterocycles. The fourth-order valence-corrected chi connectivity index (χ4v) is 3.50. The molecule has 1 aromatic rings. The van der Waals surface area contributed by atoms with E-state index in [2.05, 4.69) is 9.84 Å². The number of carbonyl (C=O) groups excluding carboxylic acids is 2. The van der Waals surface area contributed by atoms with Crippen LogP contribution >= 0.6 is 7.82 Å². The monoisotopic (exact) mass is 433 g/mol. The predicted molar refractivity (Wildman–Crippen MR) is 92.0 cm³/mol. The normalized spacial score (nSPS) is 29.7. The minimum absolute atomic E-state index is 0.0130. The lowest BCUT2D eigenvalue weighted by Crippen LogP contribution is -2.46. The highest BCUT2D eigenvalue weighted by atomic mass is 31.2. The number of esters is 2. The van der Waals surface area contributed by atoms with Gasteiger partial charge in [0.05, 0.1) is 6.61 Å². The fraction of sp³-hybridized carbons (Fsp3) is 0.562. The largest absolute Gasteiger partial charge is 0.469 e. The zero-order valence-electron chi connectivity index (χ0n) is 15.2. The zero-order valence-corrected chi connectivity index (χ0v) is 16.1. The molecule has 1 aromatic heterocycles. The number of hydrogen-bond acceptors (Lipinski definition) is 9. The Morgan fingerprint density at radius 1 is 1.31 bits per heavy atom. The second-order valence-corrected chi connectivity index (χ2v) is 7.97. The number of aliphatic hydroxyl groups is 2. The second-order valence-electron chi connectivity index (χ2n) is 6.73. The lowest BCUT2D eigenvalue weighted by molar-refractivity contribution is -0.765. The molecule has 12 nitrogen and oxygen atoms in total. The van der Waals surface area contributed by atoms with E-state index >= 15 is 0 Å². The van der Waals surface area contributed by atoms with Crippen molar-refractivity contribution in [1.82, 2.24) is 5.32 Å². The molecule has 2 aliphatic rings. The molecule has 0 amide bonds. The van der Waals surface area contributed by atoms with Crippen LogP contribution in [0.15, 0.2) is 24.5 Å². The molecule has 0 aromatic carbocycles. The number of hydrogen-bond donors (Lipinski definition) is 5. The van der Waals surface area contributed by atoms with Crippen molar-refractivity contribution in [3.63, 3.8) is 0 Å². The predicted octanol–water partition coefficient (Wildman–Crippen LogP) is -1.86. The van der Waals surface area contributed by atoms with Gasteiger partial charge in [0, 0.05) is 6.07 Å². The molecule has 3 rings (SSSR count). The van der Waals surface area contributed by atoms with E-state index in [1.165, 1.54) is 29.1 Å². The van der Waals surface area contributed by atoms with Crippen LogP contribution in [0.4, 0.5) is 0 Å². The highest BCUT2D eigenvalue weighted by molar-refractivity contribution is 7.46. The standard InChI is InChI=1S/C16H21N2O10P/c19-12-11(8-26-29(23,24)25)27-14(13(12)20)18-6-2-3-9(7-18)15(21)28-16(22)10-4-1-5-17-10/h2-3,6-7,10-14,17,19-20H,1,4-5,8H2,(H-,23,24,25)/p+1/t10-,11+,12+,13+,14+/m0/s1. The molecule has 0 bridgehead atoms. The van der Waals surface area contributed by atoms with Gasteiger partial charge < -0.3 is 34.8 Å². The Bertz CT molecular complexity index is 809. The molecule has 5 atom stereocenters. The number of carbonyl (C=O) groups is 2. The van der Waals surface area contributed by atoms with Crippen LogP contribution in [0.2, 0.25) is 0 Å². The van der Waals surface area contributed by atoms with Crippen molar-refractivity contribution < 1.29 is 52.7 Å². The van der Waals surface area contributed by atoms with Gasteiger partial charge in [-0.2, -0.15) is 4.57 Å². The van der Waals surface area contributed by atoms with Crippen LogP contribution in [0.3, 0.4) is 0 Å². The van der Waals surface area contributed by atoms with E-state index < -0.39 is 56.9 Å². The lowest BCUT2D eigenvalue weighted by atomic mass is 10.1.